The Hall–Kier alpha value is -3.06. The first-order valence-corrected chi connectivity index (χ1v) is 12.8. The van der Waals surface area contributed by atoms with Crippen LogP contribution in [-0.2, 0) is 16.0 Å². The summed E-state index contributed by atoms with van der Waals surface area (Å²) in [6.07, 6.45) is 4.60. The maximum Gasteiger partial charge on any atom is 0.238 e. The molecule has 2 aliphatic rings. The number of hydrogen-bond donors (Lipinski definition) is 1. The predicted molar refractivity (Wildman–Crippen MR) is 140 cm³/mol. The van der Waals surface area contributed by atoms with Gasteiger partial charge < -0.3 is 19.9 Å². The van der Waals surface area contributed by atoms with Crippen LogP contribution in [0.1, 0.15) is 36.8 Å². The molecule has 0 radical (unpaired) electrons. The molecule has 2 aromatic carbocycles. The Morgan fingerprint density at radius 1 is 0.914 bits per heavy atom. The Morgan fingerprint density at radius 3 is 2.40 bits per heavy atom. The number of hydrogen-bond acceptors (Lipinski definition) is 5. The standard InChI is InChI=1S/C28H38N4O3/c1-22-20-24(31-15-3-4-16-31)9-12-26(22)29-27(33)21-30-14-5-17-32(19-18-30)28(34)13-8-23-6-10-25(35-2)11-7-23/h6-7,9-12,20H,3-5,8,13-19,21H2,1-2H3,(H,29,33). The maximum atomic E-state index is 12.8. The molecule has 35 heavy (non-hydrogen) atoms. The molecule has 0 aromatic heterocycles. The van der Waals surface area contributed by atoms with Crippen molar-refractivity contribution in [3.63, 3.8) is 0 Å². The number of anilines is 2. The molecule has 0 atom stereocenters. The van der Waals surface area contributed by atoms with Crippen molar-refractivity contribution in [2.24, 2.45) is 0 Å². The molecule has 2 aliphatic heterocycles. The van der Waals surface area contributed by atoms with Gasteiger partial charge in [-0.3, -0.25) is 14.5 Å². The quantitative estimate of drug-likeness (QED) is 0.627. The molecule has 0 unspecified atom stereocenters. The molecular formula is C28H38N4O3. The van der Waals surface area contributed by atoms with Crippen molar-refractivity contribution in [1.82, 2.24) is 9.80 Å². The van der Waals surface area contributed by atoms with Gasteiger partial charge >= 0.3 is 0 Å². The van der Waals surface area contributed by atoms with Crippen LogP contribution in [0.25, 0.3) is 0 Å². The van der Waals surface area contributed by atoms with Gasteiger partial charge in [-0.05, 0) is 74.1 Å². The molecule has 7 heteroatoms. The van der Waals surface area contributed by atoms with E-state index in [0.717, 1.165) is 61.6 Å². The van der Waals surface area contributed by atoms with Crippen LogP contribution in [0.2, 0.25) is 0 Å². The van der Waals surface area contributed by atoms with Crippen molar-refractivity contribution in [1.29, 1.82) is 0 Å². The number of ether oxygens (including phenoxy) is 1. The third-order valence-corrected chi connectivity index (χ3v) is 7.05. The van der Waals surface area contributed by atoms with Crippen LogP contribution in [0.3, 0.4) is 0 Å². The van der Waals surface area contributed by atoms with E-state index in [1.165, 1.54) is 18.5 Å². The molecule has 2 fully saturated rings. The van der Waals surface area contributed by atoms with E-state index in [2.05, 4.69) is 34.2 Å². The van der Waals surface area contributed by atoms with Gasteiger partial charge in [-0.2, -0.15) is 0 Å². The molecule has 2 heterocycles. The van der Waals surface area contributed by atoms with Gasteiger partial charge in [0.1, 0.15) is 5.75 Å². The van der Waals surface area contributed by atoms with Gasteiger partial charge in [-0.25, -0.2) is 0 Å². The summed E-state index contributed by atoms with van der Waals surface area (Å²) < 4.78 is 5.19. The van der Waals surface area contributed by atoms with Gasteiger partial charge in [-0.1, -0.05) is 12.1 Å². The van der Waals surface area contributed by atoms with Crippen LogP contribution in [0.5, 0.6) is 5.75 Å². The fourth-order valence-electron chi connectivity index (χ4n) is 4.93. The Morgan fingerprint density at radius 2 is 1.69 bits per heavy atom. The summed E-state index contributed by atoms with van der Waals surface area (Å²) in [5, 5.41) is 3.09. The number of amides is 2. The lowest BCUT2D eigenvalue weighted by Gasteiger charge is -2.22. The first kappa shape index (κ1) is 25.0. The number of carbonyl (C=O) groups is 2. The highest BCUT2D eigenvalue weighted by Gasteiger charge is 2.21. The largest absolute Gasteiger partial charge is 0.497 e. The van der Waals surface area contributed by atoms with E-state index in [0.29, 0.717) is 26.1 Å². The molecule has 4 rings (SSSR count). The molecule has 2 amide bonds. The molecule has 0 aliphatic carbocycles. The minimum atomic E-state index is 0.00121. The summed E-state index contributed by atoms with van der Waals surface area (Å²) in [5.74, 6) is 1.01. The average Bonchev–Trinajstić information content (AvgIpc) is 3.31. The van der Waals surface area contributed by atoms with E-state index in [-0.39, 0.29) is 11.8 Å². The smallest absolute Gasteiger partial charge is 0.238 e. The van der Waals surface area contributed by atoms with Gasteiger partial charge in [0.25, 0.3) is 0 Å². The van der Waals surface area contributed by atoms with E-state index in [9.17, 15) is 9.59 Å². The third-order valence-electron chi connectivity index (χ3n) is 7.05. The Kier molecular flexibility index (Phi) is 8.64. The second kappa shape index (κ2) is 12.1. The SMILES string of the molecule is COc1ccc(CCC(=O)N2CCCN(CC(=O)Nc3ccc(N4CCCC4)cc3C)CC2)cc1. The number of nitrogens with one attached hydrogen (secondary N) is 1. The summed E-state index contributed by atoms with van der Waals surface area (Å²) in [7, 11) is 1.65. The first-order valence-electron chi connectivity index (χ1n) is 12.8. The fraction of sp³-hybridized carbons (Fsp3) is 0.500. The van der Waals surface area contributed by atoms with Crippen molar-refractivity contribution in [2.75, 3.05) is 63.1 Å². The molecule has 1 N–H and O–H groups in total. The fourth-order valence-corrected chi connectivity index (χ4v) is 4.93. The van der Waals surface area contributed by atoms with Gasteiger partial charge in [0, 0.05) is 57.1 Å². The zero-order valence-corrected chi connectivity index (χ0v) is 21.1. The van der Waals surface area contributed by atoms with Crippen LogP contribution in [0.4, 0.5) is 11.4 Å². The molecule has 2 saturated heterocycles. The van der Waals surface area contributed by atoms with Crippen molar-refractivity contribution < 1.29 is 14.3 Å². The highest BCUT2D eigenvalue weighted by molar-refractivity contribution is 5.93. The molecule has 2 aromatic rings. The maximum absolute atomic E-state index is 12.8. The van der Waals surface area contributed by atoms with E-state index < -0.39 is 0 Å². The number of benzene rings is 2. The van der Waals surface area contributed by atoms with Crippen LogP contribution in [0, 0.1) is 6.92 Å². The second-order valence-electron chi connectivity index (χ2n) is 9.60. The van der Waals surface area contributed by atoms with Crippen molar-refractivity contribution in [3.05, 3.63) is 53.6 Å². The first-order chi connectivity index (χ1) is 17.0. The Balaban J connectivity index is 1.22. The lowest BCUT2D eigenvalue weighted by Crippen LogP contribution is -2.38. The van der Waals surface area contributed by atoms with Crippen LogP contribution >= 0.6 is 0 Å². The minimum Gasteiger partial charge on any atom is -0.497 e. The summed E-state index contributed by atoms with van der Waals surface area (Å²) in [5.41, 5.74) is 4.34. The van der Waals surface area contributed by atoms with E-state index in [1.54, 1.807) is 7.11 Å². The third kappa shape index (κ3) is 6.98. The summed E-state index contributed by atoms with van der Waals surface area (Å²) >= 11 is 0. The Bertz CT molecular complexity index is 1000. The van der Waals surface area contributed by atoms with E-state index in [4.69, 9.17) is 4.74 Å². The summed E-state index contributed by atoms with van der Waals surface area (Å²) in [4.78, 5) is 32.0. The summed E-state index contributed by atoms with van der Waals surface area (Å²) in [6.45, 7) is 7.58. The predicted octanol–water partition coefficient (Wildman–Crippen LogP) is 3.71. The topological polar surface area (TPSA) is 65.1 Å². The van der Waals surface area contributed by atoms with Crippen molar-refractivity contribution in [2.45, 2.75) is 39.0 Å². The van der Waals surface area contributed by atoms with E-state index in [1.807, 2.05) is 35.2 Å². The number of aryl methyl sites for hydroxylation is 2. The molecule has 0 saturated carbocycles. The van der Waals surface area contributed by atoms with Crippen LogP contribution < -0.4 is 15.0 Å². The van der Waals surface area contributed by atoms with E-state index >= 15 is 0 Å². The molecular weight excluding hydrogens is 440 g/mol. The molecule has 0 spiro atoms. The summed E-state index contributed by atoms with van der Waals surface area (Å²) in [6, 6.07) is 14.2. The average molecular weight is 479 g/mol. The van der Waals surface area contributed by atoms with Gasteiger partial charge in [0.15, 0.2) is 0 Å². The number of nitrogens with zero attached hydrogens (tertiary/aromatic N) is 3. The number of methoxy groups -OCH3 is 1. The molecule has 0 bridgehead atoms. The molecule has 7 nitrogen and oxygen atoms in total. The minimum absolute atomic E-state index is 0.00121. The lowest BCUT2D eigenvalue weighted by atomic mass is 10.1. The van der Waals surface area contributed by atoms with Crippen LogP contribution in [0.15, 0.2) is 42.5 Å². The van der Waals surface area contributed by atoms with Gasteiger partial charge in [0.05, 0.1) is 13.7 Å². The highest BCUT2D eigenvalue weighted by Crippen LogP contribution is 2.25. The number of carbonyl (C=O) groups excluding carboxylic acids is 2. The van der Waals surface area contributed by atoms with Gasteiger partial charge in [-0.15, -0.1) is 0 Å². The second-order valence-corrected chi connectivity index (χ2v) is 9.60. The van der Waals surface area contributed by atoms with Crippen molar-refractivity contribution >= 4 is 23.2 Å². The highest BCUT2D eigenvalue weighted by atomic mass is 16.5. The zero-order chi connectivity index (χ0) is 24.6. The number of rotatable bonds is 8. The van der Waals surface area contributed by atoms with Crippen molar-refractivity contribution in [3.8, 4) is 5.75 Å². The van der Waals surface area contributed by atoms with Gasteiger partial charge in [0.2, 0.25) is 11.8 Å². The zero-order valence-electron chi connectivity index (χ0n) is 21.1. The normalized spacial score (nSPS) is 16.7. The Labute approximate surface area is 209 Å². The van der Waals surface area contributed by atoms with Crippen LogP contribution in [-0.4, -0.2) is 74.5 Å². The lowest BCUT2D eigenvalue weighted by molar-refractivity contribution is -0.131. The molecule has 188 valence electrons. The monoisotopic (exact) mass is 478 g/mol.